The molecule has 21 heavy (non-hydrogen) atoms. The zero-order valence-corrected chi connectivity index (χ0v) is 12.8. The highest BCUT2D eigenvalue weighted by molar-refractivity contribution is 7.10. The molecular weight excluding hydrogens is 308 g/mol. The van der Waals surface area contributed by atoms with Gasteiger partial charge in [0.25, 0.3) is 5.91 Å². The van der Waals surface area contributed by atoms with Gasteiger partial charge in [-0.3, -0.25) is 9.59 Å². The van der Waals surface area contributed by atoms with E-state index in [2.05, 4.69) is 10.6 Å². The fourth-order valence-electron chi connectivity index (χ4n) is 1.72. The molecule has 0 fully saturated rings. The van der Waals surface area contributed by atoms with Crippen molar-refractivity contribution in [1.29, 1.82) is 0 Å². The van der Waals surface area contributed by atoms with Crippen LogP contribution >= 0.6 is 22.9 Å². The Morgan fingerprint density at radius 2 is 1.76 bits per heavy atom. The molecule has 1 aromatic carbocycles. The Morgan fingerprint density at radius 3 is 2.43 bits per heavy atom. The van der Waals surface area contributed by atoms with E-state index < -0.39 is 0 Å². The van der Waals surface area contributed by atoms with E-state index in [-0.39, 0.29) is 11.8 Å². The number of hydrogen-bond donors (Lipinski definition) is 2. The predicted octanol–water partition coefficient (Wildman–Crippen LogP) is 2.49. The number of carbonyl (C=O) groups excluding carboxylic acids is 2. The number of benzene rings is 1. The highest BCUT2D eigenvalue weighted by Crippen LogP contribution is 2.09. The van der Waals surface area contributed by atoms with Crippen molar-refractivity contribution in [3.63, 3.8) is 0 Å². The summed E-state index contributed by atoms with van der Waals surface area (Å²) in [6.07, 6.45) is 0.378. The highest BCUT2D eigenvalue weighted by atomic mass is 35.5. The Bertz CT molecular complexity index is 597. The van der Waals surface area contributed by atoms with Crippen molar-refractivity contribution in [2.24, 2.45) is 0 Å². The molecule has 2 rings (SSSR count). The van der Waals surface area contributed by atoms with Crippen LogP contribution in [0.5, 0.6) is 0 Å². The van der Waals surface area contributed by atoms with Gasteiger partial charge in [0.05, 0.1) is 6.42 Å². The monoisotopic (exact) mass is 322 g/mol. The molecule has 2 N–H and O–H groups in total. The fourth-order valence-corrected chi connectivity index (χ4v) is 2.54. The maximum Gasteiger partial charge on any atom is 0.251 e. The van der Waals surface area contributed by atoms with E-state index in [0.717, 1.165) is 4.88 Å². The standard InChI is InChI=1S/C15H15ClN2O2S/c16-12-5-3-11(4-6-12)15(20)18-8-7-17-14(19)10-13-2-1-9-21-13/h1-6,9H,7-8,10H2,(H,17,19)(H,18,20). The SMILES string of the molecule is O=C(Cc1cccs1)NCCNC(=O)c1ccc(Cl)cc1. The maximum atomic E-state index is 11.8. The van der Waals surface area contributed by atoms with Crippen molar-refractivity contribution in [1.82, 2.24) is 10.6 Å². The molecule has 0 spiro atoms. The molecule has 6 heteroatoms. The number of amides is 2. The largest absolute Gasteiger partial charge is 0.354 e. The Labute approximate surface area is 132 Å². The second-order valence-electron chi connectivity index (χ2n) is 4.37. The molecule has 0 radical (unpaired) electrons. The average molecular weight is 323 g/mol. The van der Waals surface area contributed by atoms with Crippen molar-refractivity contribution >= 4 is 34.8 Å². The minimum Gasteiger partial charge on any atom is -0.354 e. The van der Waals surface area contributed by atoms with Crippen LogP contribution in [-0.2, 0) is 11.2 Å². The van der Waals surface area contributed by atoms with Gasteiger partial charge in [-0.05, 0) is 35.7 Å². The quantitative estimate of drug-likeness (QED) is 0.803. The smallest absolute Gasteiger partial charge is 0.251 e. The minimum atomic E-state index is -0.181. The van der Waals surface area contributed by atoms with Gasteiger partial charge in [-0.15, -0.1) is 11.3 Å². The van der Waals surface area contributed by atoms with Crippen LogP contribution < -0.4 is 10.6 Å². The van der Waals surface area contributed by atoms with Crippen LogP contribution in [0.1, 0.15) is 15.2 Å². The summed E-state index contributed by atoms with van der Waals surface area (Å²) in [7, 11) is 0. The van der Waals surface area contributed by atoms with E-state index in [0.29, 0.717) is 30.1 Å². The maximum absolute atomic E-state index is 11.8. The molecule has 0 aliphatic heterocycles. The summed E-state index contributed by atoms with van der Waals surface area (Å²) < 4.78 is 0. The fraction of sp³-hybridized carbons (Fsp3) is 0.200. The molecule has 0 bridgehead atoms. The Kier molecular flexibility index (Phi) is 5.78. The van der Waals surface area contributed by atoms with Crippen molar-refractivity contribution in [2.45, 2.75) is 6.42 Å². The Hall–Kier alpha value is -1.85. The second kappa shape index (κ2) is 7.81. The third kappa shape index (κ3) is 5.21. The molecule has 0 unspecified atom stereocenters. The van der Waals surface area contributed by atoms with Gasteiger partial charge in [0, 0.05) is 28.6 Å². The molecule has 0 aliphatic rings. The van der Waals surface area contributed by atoms with E-state index in [9.17, 15) is 9.59 Å². The van der Waals surface area contributed by atoms with Crippen LogP contribution in [0.4, 0.5) is 0 Å². The first kappa shape index (κ1) is 15.5. The van der Waals surface area contributed by atoms with Crippen LogP contribution in [0, 0.1) is 0 Å². The topological polar surface area (TPSA) is 58.2 Å². The average Bonchev–Trinajstić information content (AvgIpc) is 2.97. The minimum absolute atomic E-state index is 0.0433. The molecule has 2 amide bonds. The lowest BCUT2D eigenvalue weighted by molar-refractivity contribution is -0.120. The first-order valence-electron chi connectivity index (χ1n) is 6.48. The van der Waals surface area contributed by atoms with Crippen LogP contribution in [0.2, 0.25) is 5.02 Å². The van der Waals surface area contributed by atoms with Gasteiger partial charge in [-0.1, -0.05) is 17.7 Å². The zero-order chi connectivity index (χ0) is 15.1. The first-order valence-corrected chi connectivity index (χ1v) is 7.74. The van der Waals surface area contributed by atoms with Crippen LogP contribution in [0.3, 0.4) is 0 Å². The lowest BCUT2D eigenvalue weighted by atomic mass is 10.2. The van der Waals surface area contributed by atoms with Gasteiger partial charge in [-0.25, -0.2) is 0 Å². The number of hydrogen-bond acceptors (Lipinski definition) is 3. The second-order valence-corrected chi connectivity index (χ2v) is 5.84. The number of thiophene rings is 1. The van der Waals surface area contributed by atoms with Crippen LogP contribution in [-0.4, -0.2) is 24.9 Å². The lowest BCUT2D eigenvalue weighted by Gasteiger charge is -2.07. The molecule has 0 aliphatic carbocycles. The summed E-state index contributed by atoms with van der Waals surface area (Å²) in [5.41, 5.74) is 0.546. The summed E-state index contributed by atoms with van der Waals surface area (Å²) in [6.45, 7) is 0.793. The van der Waals surface area contributed by atoms with Gasteiger partial charge in [0.15, 0.2) is 0 Å². The van der Waals surface area contributed by atoms with Gasteiger partial charge < -0.3 is 10.6 Å². The van der Waals surface area contributed by atoms with Gasteiger partial charge in [0.1, 0.15) is 0 Å². The van der Waals surface area contributed by atoms with Gasteiger partial charge in [0.2, 0.25) is 5.91 Å². The molecule has 0 atom stereocenters. The van der Waals surface area contributed by atoms with Crippen LogP contribution in [0.25, 0.3) is 0 Å². The van der Waals surface area contributed by atoms with Crippen molar-refractivity contribution in [3.8, 4) is 0 Å². The zero-order valence-electron chi connectivity index (χ0n) is 11.3. The summed E-state index contributed by atoms with van der Waals surface area (Å²) in [5, 5.41) is 8.04. The van der Waals surface area contributed by atoms with E-state index >= 15 is 0 Å². The molecule has 2 aromatic rings. The molecule has 0 saturated carbocycles. The molecule has 1 heterocycles. The summed E-state index contributed by atoms with van der Waals surface area (Å²) >= 11 is 7.31. The number of halogens is 1. The third-order valence-electron chi connectivity index (χ3n) is 2.75. The Balaban J connectivity index is 1.66. The third-order valence-corrected chi connectivity index (χ3v) is 3.88. The summed E-state index contributed by atoms with van der Waals surface area (Å²) in [5.74, 6) is -0.225. The van der Waals surface area contributed by atoms with Gasteiger partial charge in [-0.2, -0.15) is 0 Å². The lowest BCUT2D eigenvalue weighted by Crippen LogP contribution is -2.35. The van der Waals surface area contributed by atoms with Crippen molar-refractivity contribution < 1.29 is 9.59 Å². The number of rotatable bonds is 6. The van der Waals surface area contributed by atoms with E-state index in [4.69, 9.17) is 11.6 Å². The highest BCUT2D eigenvalue weighted by Gasteiger charge is 2.06. The Morgan fingerprint density at radius 1 is 1.05 bits per heavy atom. The predicted molar refractivity (Wildman–Crippen MR) is 84.8 cm³/mol. The number of nitrogens with one attached hydrogen (secondary N) is 2. The van der Waals surface area contributed by atoms with E-state index in [1.807, 2.05) is 17.5 Å². The molecule has 4 nitrogen and oxygen atoms in total. The summed E-state index contributed by atoms with van der Waals surface area (Å²) in [4.78, 5) is 24.4. The van der Waals surface area contributed by atoms with Gasteiger partial charge >= 0.3 is 0 Å². The van der Waals surface area contributed by atoms with E-state index in [1.165, 1.54) is 0 Å². The summed E-state index contributed by atoms with van der Waals surface area (Å²) in [6, 6.07) is 10.5. The van der Waals surface area contributed by atoms with Crippen molar-refractivity contribution in [2.75, 3.05) is 13.1 Å². The first-order chi connectivity index (χ1) is 10.1. The normalized spacial score (nSPS) is 10.1. The molecule has 0 saturated heterocycles. The van der Waals surface area contributed by atoms with E-state index in [1.54, 1.807) is 35.6 Å². The molecular formula is C15H15ClN2O2S. The molecule has 1 aromatic heterocycles. The van der Waals surface area contributed by atoms with Crippen LogP contribution in [0.15, 0.2) is 41.8 Å². The number of carbonyl (C=O) groups is 2. The molecule has 110 valence electrons. The van der Waals surface area contributed by atoms with Crippen molar-refractivity contribution in [3.05, 3.63) is 57.2 Å².